The molecule has 0 spiro atoms. The first-order chi connectivity index (χ1) is 16.2. The molecule has 1 aromatic carbocycles. The third kappa shape index (κ3) is 3.96. The Hall–Kier alpha value is -3.59. The van der Waals surface area contributed by atoms with Gasteiger partial charge < -0.3 is 10.6 Å². The summed E-state index contributed by atoms with van der Waals surface area (Å²) in [6.07, 6.45) is 2.52. The van der Waals surface area contributed by atoms with Crippen LogP contribution in [0.1, 0.15) is 50.7 Å². The highest BCUT2D eigenvalue weighted by Crippen LogP contribution is 2.26. The molecule has 1 aliphatic rings. The molecule has 2 N–H and O–H groups in total. The second-order valence-electron chi connectivity index (χ2n) is 9.37. The van der Waals surface area contributed by atoms with Crippen molar-refractivity contribution in [2.45, 2.75) is 52.4 Å². The maximum Gasteiger partial charge on any atom is 0.276 e. The topological polar surface area (TPSA) is 89.7 Å². The van der Waals surface area contributed by atoms with Crippen molar-refractivity contribution in [3.8, 4) is 5.82 Å². The van der Waals surface area contributed by atoms with Gasteiger partial charge in [-0.15, -0.1) is 0 Å². The smallest absolute Gasteiger partial charge is 0.276 e. The van der Waals surface area contributed by atoms with Crippen molar-refractivity contribution in [3.05, 3.63) is 69.9 Å². The van der Waals surface area contributed by atoms with Gasteiger partial charge in [-0.25, -0.2) is 28.7 Å². The van der Waals surface area contributed by atoms with Crippen molar-refractivity contribution < 1.29 is 4.39 Å². The number of halogens is 1. The van der Waals surface area contributed by atoms with E-state index in [1.807, 2.05) is 19.9 Å². The number of benzene rings is 1. The molecule has 176 valence electrons. The van der Waals surface area contributed by atoms with Crippen LogP contribution in [0, 0.1) is 0 Å². The average molecular weight is 462 g/mol. The maximum atomic E-state index is 14.6. The first-order valence-corrected chi connectivity index (χ1v) is 11.5. The normalized spacial score (nSPS) is 13.9. The highest BCUT2D eigenvalue weighted by atomic mass is 19.1. The highest BCUT2D eigenvalue weighted by molar-refractivity contribution is 5.79. The van der Waals surface area contributed by atoms with Crippen LogP contribution in [0.5, 0.6) is 0 Å². The fourth-order valence-corrected chi connectivity index (χ4v) is 4.31. The Bertz CT molecular complexity index is 1430. The lowest BCUT2D eigenvalue weighted by molar-refractivity contribution is 0.206. The number of pyridine rings is 1. The van der Waals surface area contributed by atoms with Crippen LogP contribution in [0.15, 0.2) is 47.4 Å². The molecule has 8 nitrogen and oxygen atoms in total. The minimum atomic E-state index is -1.72. The van der Waals surface area contributed by atoms with E-state index in [2.05, 4.69) is 32.7 Å². The average Bonchev–Trinajstić information content (AvgIpc) is 3.10. The summed E-state index contributed by atoms with van der Waals surface area (Å²) in [7, 11) is 0. The van der Waals surface area contributed by atoms with Gasteiger partial charge in [-0.3, -0.25) is 4.79 Å². The van der Waals surface area contributed by atoms with Gasteiger partial charge in [0.1, 0.15) is 5.82 Å². The van der Waals surface area contributed by atoms with Gasteiger partial charge in [-0.1, -0.05) is 6.07 Å². The van der Waals surface area contributed by atoms with Gasteiger partial charge in [0.15, 0.2) is 23.0 Å². The molecule has 0 saturated carbocycles. The van der Waals surface area contributed by atoms with E-state index in [0.29, 0.717) is 22.7 Å². The molecule has 0 saturated heterocycles. The number of anilines is 2. The molecular weight excluding hydrogens is 433 g/mol. The lowest BCUT2D eigenvalue weighted by atomic mass is 10.0. The van der Waals surface area contributed by atoms with Gasteiger partial charge in [0, 0.05) is 30.5 Å². The van der Waals surface area contributed by atoms with Gasteiger partial charge in [-0.2, -0.15) is 0 Å². The van der Waals surface area contributed by atoms with E-state index >= 15 is 0 Å². The van der Waals surface area contributed by atoms with Crippen LogP contribution in [-0.2, 0) is 18.6 Å². The summed E-state index contributed by atoms with van der Waals surface area (Å²) in [6, 6.07) is 11.4. The Balaban J connectivity index is 1.63. The van der Waals surface area contributed by atoms with Crippen LogP contribution in [-0.4, -0.2) is 30.9 Å². The summed E-state index contributed by atoms with van der Waals surface area (Å²) in [5, 5.41) is 7.22. The fourth-order valence-electron chi connectivity index (χ4n) is 4.31. The third-order valence-electron chi connectivity index (χ3n) is 5.97. The summed E-state index contributed by atoms with van der Waals surface area (Å²) in [5.41, 5.74) is 2.10. The molecule has 9 heteroatoms. The number of nitrogens with zero attached hydrogens (tertiary/aromatic N) is 5. The number of fused-ring (bicyclic) bond motifs is 2. The number of rotatable bonds is 5. The zero-order chi connectivity index (χ0) is 24.0. The molecular formula is C25H28FN7O. The monoisotopic (exact) mass is 461 g/mol. The van der Waals surface area contributed by atoms with E-state index in [-0.39, 0.29) is 17.4 Å². The lowest BCUT2D eigenvalue weighted by Crippen LogP contribution is -2.25. The van der Waals surface area contributed by atoms with Crippen LogP contribution >= 0.6 is 0 Å². The lowest BCUT2D eigenvalue weighted by Gasteiger charge is -2.18. The van der Waals surface area contributed by atoms with E-state index < -0.39 is 5.67 Å². The number of hydrogen-bond donors (Lipinski definition) is 2. The Labute approximate surface area is 196 Å². The summed E-state index contributed by atoms with van der Waals surface area (Å²) < 4.78 is 17.8. The highest BCUT2D eigenvalue weighted by Gasteiger charge is 2.25. The molecule has 0 fully saturated rings. The molecule has 1 aliphatic heterocycles. The molecule has 0 aliphatic carbocycles. The Morgan fingerprint density at radius 3 is 2.71 bits per heavy atom. The Kier molecular flexibility index (Phi) is 5.44. The van der Waals surface area contributed by atoms with Gasteiger partial charge in [-0.05, 0) is 76.1 Å². The zero-order valence-electron chi connectivity index (χ0n) is 19.8. The van der Waals surface area contributed by atoms with Crippen molar-refractivity contribution in [1.82, 2.24) is 29.6 Å². The minimum Gasteiger partial charge on any atom is -0.340 e. The molecule has 4 heterocycles. The van der Waals surface area contributed by atoms with E-state index in [0.717, 1.165) is 25.2 Å². The van der Waals surface area contributed by atoms with Crippen LogP contribution in [0.2, 0.25) is 0 Å². The van der Waals surface area contributed by atoms with Gasteiger partial charge in [0.2, 0.25) is 0 Å². The second kappa shape index (κ2) is 8.32. The molecule has 0 amide bonds. The quantitative estimate of drug-likeness (QED) is 0.464. The molecule has 0 atom stereocenters. The summed E-state index contributed by atoms with van der Waals surface area (Å²) >= 11 is 0. The van der Waals surface area contributed by atoms with E-state index in [9.17, 15) is 9.18 Å². The Morgan fingerprint density at radius 2 is 1.94 bits per heavy atom. The number of hydrogen-bond acceptors (Lipinski definition) is 6. The van der Waals surface area contributed by atoms with Gasteiger partial charge >= 0.3 is 0 Å². The summed E-state index contributed by atoms with van der Waals surface area (Å²) in [5.74, 6) is 1.04. The maximum absolute atomic E-state index is 14.6. The molecule has 34 heavy (non-hydrogen) atoms. The van der Waals surface area contributed by atoms with Crippen molar-refractivity contribution in [2.24, 2.45) is 0 Å². The van der Waals surface area contributed by atoms with Crippen molar-refractivity contribution in [2.75, 3.05) is 11.9 Å². The van der Waals surface area contributed by atoms with E-state index in [1.165, 1.54) is 31.2 Å². The van der Waals surface area contributed by atoms with Crippen LogP contribution < -0.4 is 16.2 Å². The van der Waals surface area contributed by atoms with Crippen molar-refractivity contribution in [3.63, 3.8) is 0 Å². The van der Waals surface area contributed by atoms with Gasteiger partial charge in [0.25, 0.3) is 5.56 Å². The van der Waals surface area contributed by atoms with E-state index in [4.69, 9.17) is 4.98 Å². The van der Waals surface area contributed by atoms with Crippen LogP contribution in [0.3, 0.4) is 0 Å². The standard InChI is InChI=1S/C25H28FN7O/c1-15(2)32-23(34)19-7-8-20(29-18-6-5-16-9-11-27-14-17(16)13-18)30-22(19)33(32)21-10-12-28-24(31-21)25(3,4)26/h5-8,10,12-13,15,27H,9,11,14H2,1-4H3,(H,29,30). The predicted molar refractivity (Wildman–Crippen MR) is 131 cm³/mol. The SMILES string of the molecule is CC(C)n1c(=O)c2ccc(Nc3ccc4c(c3)CNCC4)nc2n1-c1ccnc(C(C)(C)F)n1. The molecule has 5 rings (SSSR count). The van der Waals surface area contributed by atoms with Crippen LogP contribution in [0.25, 0.3) is 16.9 Å². The number of nitrogens with one attached hydrogen (secondary N) is 2. The number of aromatic nitrogens is 5. The molecule has 0 bridgehead atoms. The van der Waals surface area contributed by atoms with Crippen LogP contribution in [0.4, 0.5) is 15.9 Å². The van der Waals surface area contributed by atoms with Gasteiger partial charge in [0.05, 0.1) is 5.39 Å². The molecule has 0 radical (unpaired) electrons. The summed E-state index contributed by atoms with van der Waals surface area (Å²) in [4.78, 5) is 26.5. The van der Waals surface area contributed by atoms with Crippen molar-refractivity contribution >= 4 is 22.5 Å². The first kappa shape index (κ1) is 22.2. The second-order valence-corrected chi connectivity index (χ2v) is 9.37. The molecule has 0 unspecified atom stereocenters. The fraction of sp³-hybridized carbons (Fsp3) is 0.360. The third-order valence-corrected chi connectivity index (χ3v) is 5.97. The Morgan fingerprint density at radius 1 is 1.12 bits per heavy atom. The predicted octanol–water partition coefficient (Wildman–Crippen LogP) is 4.15. The summed E-state index contributed by atoms with van der Waals surface area (Å²) in [6.45, 7) is 8.48. The van der Waals surface area contributed by atoms with Crippen molar-refractivity contribution in [1.29, 1.82) is 0 Å². The largest absolute Gasteiger partial charge is 0.340 e. The first-order valence-electron chi connectivity index (χ1n) is 11.5. The zero-order valence-corrected chi connectivity index (χ0v) is 19.8. The minimum absolute atomic E-state index is 0.0477. The van der Waals surface area contributed by atoms with E-state index in [1.54, 1.807) is 27.6 Å². The molecule has 3 aromatic heterocycles. The number of alkyl halides is 1. The molecule has 4 aromatic rings.